The number of nitrogens with zero attached hydrogens (tertiary/aromatic N) is 2. The maximum Gasteiger partial charge on any atom is 0.235 e. The molecule has 0 spiro atoms. The number of hydrogen-bond donors (Lipinski definition) is 0. The van der Waals surface area contributed by atoms with Crippen molar-refractivity contribution < 1.29 is 14.3 Å². The Balaban J connectivity index is 1.94. The molecular formula is C24H27BrCl2N2O3. The van der Waals surface area contributed by atoms with E-state index in [0.29, 0.717) is 60.6 Å². The highest BCUT2D eigenvalue weighted by molar-refractivity contribution is 9.10. The van der Waals surface area contributed by atoms with Gasteiger partial charge in [0.2, 0.25) is 5.91 Å². The second-order valence-electron chi connectivity index (χ2n) is 7.52. The first-order valence-electron chi connectivity index (χ1n) is 10.7. The number of halogens is 3. The number of anilines is 1. The van der Waals surface area contributed by atoms with E-state index < -0.39 is 0 Å². The van der Waals surface area contributed by atoms with E-state index in [0.717, 1.165) is 10.0 Å². The standard InChI is InChI=1S/C24H27BrCl2N2O3/c1-3-17(11-16-5-7-18(25)8-6-16)24(30)29(21-13-19(26)12-20(27)14-21)22(4-2)28-15-23-31-9-10-32-23/h5-8,12-14,17,23H,3-4,9-11,15H2,1-2H3. The quantitative estimate of drug-likeness (QED) is 0.281. The molecule has 0 radical (unpaired) electrons. The minimum Gasteiger partial charge on any atom is -0.348 e. The van der Waals surface area contributed by atoms with Crippen LogP contribution < -0.4 is 4.90 Å². The van der Waals surface area contributed by atoms with Gasteiger partial charge in [-0.3, -0.25) is 14.7 Å². The molecule has 0 aliphatic carbocycles. The van der Waals surface area contributed by atoms with Crippen molar-refractivity contribution in [3.8, 4) is 0 Å². The van der Waals surface area contributed by atoms with Crippen molar-refractivity contribution in [1.82, 2.24) is 0 Å². The highest BCUT2D eigenvalue weighted by atomic mass is 79.9. The Hall–Kier alpha value is -1.44. The maximum atomic E-state index is 13.9. The average molecular weight is 542 g/mol. The molecule has 5 nitrogen and oxygen atoms in total. The average Bonchev–Trinajstić information content (AvgIpc) is 3.28. The molecule has 1 unspecified atom stereocenters. The van der Waals surface area contributed by atoms with Gasteiger partial charge in [0.05, 0.1) is 25.4 Å². The van der Waals surface area contributed by atoms with Crippen LogP contribution in [0, 0.1) is 5.92 Å². The first kappa shape index (κ1) is 25.2. The molecule has 0 N–H and O–H groups in total. The van der Waals surface area contributed by atoms with E-state index >= 15 is 0 Å². The number of hydrogen-bond acceptors (Lipinski definition) is 4. The van der Waals surface area contributed by atoms with Crippen molar-refractivity contribution in [2.45, 2.75) is 39.4 Å². The summed E-state index contributed by atoms with van der Waals surface area (Å²) < 4.78 is 12.0. The van der Waals surface area contributed by atoms with Gasteiger partial charge in [0.15, 0.2) is 6.29 Å². The SMILES string of the molecule is CCC(=NCC1OCCO1)N(C(=O)C(CC)Cc1ccc(Br)cc1)c1cc(Cl)cc(Cl)c1. The largest absolute Gasteiger partial charge is 0.348 e. The highest BCUT2D eigenvalue weighted by Crippen LogP contribution is 2.29. The van der Waals surface area contributed by atoms with Crippen molar-refractivity contribution in [3.63, 3.8) is 0 Å². The van der Waals surface area contributed by atoms with Gasteiger partial charge in [0.25, 0.3) is 0 Å². The van der Waals surface area contributed by atoms with Gasteiger partial charge in [0, 0.05) is 26.9 Å². The first-order valence-corrected chi connectivity index (χ1v) is 12.3. The van der Waals surface area contributed by atoms with Crippen LogP contribution in [0.1, 0.15) is 32.3 Å². The molecule has 8 heteroatoms. The van der Waals surface area contributed by atoms with Crippen molar-refractivity contribution in [2.75, 3.05) is 24.7 Å². The Morgan fingerprint density at radius 3 is 2.31 bits per heavy atom. The fourth-order valence-electron chi connectivity index (χ4n) is 3.60. The summed E-state index contributed by atoms with van der Waals surface area (Å²) >= 11 is 16.0. The van der Waals surface area contributed by atoms with Crippen LogP contribution in [-0.4, -0.2) is 37.8 Å². The molecule has 2 aromatic carbocycles. The second kappa shape index (κ2) is 12.1. The van der Waals surface area contributed by atoms with Crippen LogP contribution in [-0.2, 0) is 20.7 Å². The maximum absolute atomic E-state index is 13.9. The molecule has 1 heterocycles. The third kappa shape index (κ3) is 6.78. The van der Waals surface area contributed by atoms with Crippen molar-refractivity contribution in [1.29, 1.82) is 0 Å². The van der Waals surface area contributed by atoms with Crippen LogP contribution in [0.25, 0.3) is 0 Å². The summed E-state index contributed by atoms with van der Waals surface area (Å²) in [4.78, 5) is 20.2. The minimum atomic E-state index is -0.388. The summed E-state index contributed by atoms with van der Waals surface area (Å²) in [6.07, 6.45) is 1.48. The topological polar surface area (TPSA) is 51.1 Å². The van der Waals surface area contributed by atoms with E-state index in [1.54, 1.807) is 23.1 Å². The molecule has 0 aromatic heterocycles. The molecule has 1 aliphatic heterocycles. The van der Waals surface area contributed by atoms with E-state index in [2.05, 4.69) is 15.9 Å². The van der Waals surface area contributed by atoms with Gasteiger partial charge >= 0.3 is 0 Å². The summed E-state index contributed by atoms with van der Waals surface area (Å²) in [7, 11) is 0. The Morgan fingerprint density at radius 2 is 1.75 bits per heavy atom. The van der Waals surface area contributed by atoms with Gasteiger partial charge in [-0.25, -0.2) is 0 Å². The van der Waals surface area contributed by atoms with E-state index in [1.807, 2.05) is 38.1 Å². The Kier molecular flexibility index (Phi) is 9.56. The molecule has 32 heavy (non-hydrogen) atoms. The predicted octanol–water partition coefficient (Wildman–Crippen LogP) is 6.54. The van der Waals surface area contributed by atoms with Gasteiger partial charge < -0.3 is 9.47 Å². The summed E-state index contributed by atoms with van der Waals surface area (Å²) in [5.74, 6) is 0.356. The van der Waals surface area contributed by atoms with E-state index in [-0.39, 0.29) is 18.1 Å². The van der Waals surface area contributed by atoms with Crippen LogP contribution in [0.4, 0.5) is 5.69 Å². The van der Waals surface area contributed by atoms with Crippen LogP contribution in [0.15, 0.2) is 51.9 Å². The molecule has 0 saturated carbocycles. The van der Waals surface area contributed by atoms with Crippen molar-refractivity contribution >= 4 is 56.6 Å². The fourth-order valence-corrected chi connectivity index (χ4v) is 4.38. The minimum absolute atomic E-state index is 0.0392. The number of carbonyl (C=O) groups excluding carboxylic acids is 1. The van der Waals surface area contributed by atoms with Crippen molar-refractivity contribution in [2.24, 2.45) is 10.9 Å². The molecule has 2 aromatic rings. The molecule has 0 bridgehead atoms. The Morgan fingerprint density at radius 1 is 1.12 bits per heavy atom. The number of rotatable bonds is 8. The number of amidine groups is 1. The lowest BCUT2D eigenvalue weighted by molar-refractivity contribution is -0.121. The normalized spacial score (nSPS) is 15.7. The fraction of sp³-hybridized carbons (Fsp3) is 0.417. The molecule has 1 aliphatic rings. The molecule has 1 amide bonds. The van der Waals surface area contributed by atoms with Crippen LogP contribution in [0.5, 0.6) is 0 Å². The predicted molar refractivity (Wildman–Crippen MR) is 134 cm³/mol. The molecule has 172 valence electrons. The Bertz CT molecular complexity index is 927. The van der Waals surface area contributed by atoms with Crippen LogP contribution >= 0.6 is 39.1 Å². The Labute approximate surface area is 207 Å². The second-order valence-corrected chi connectivity index (χ2v) is 9.31. The van der Waals surface area contributed by atoms with Crippen molar-refractivity contribution in [3.05, 3.63) is 62.5 Å². The summed E-state index contributed by atoms with van der Waals surface area (Å²) in [5.41, 5.74) is 1.70. The number of ether oxygens (including phenoxy) is 2. The van der Waals surface area contributed by atoms with E-state index in [1.165, 1.54) is 0 Å². The lowest BCUT2D eigenvalue weighted by Gasteiger charge is -2.28. The molecular weight excluding hydrogens is 515 g/mol. The molecule has 1 saturated heterocycles. The number of amides is 1. The van der Waals surface area contributed by atoms with Gasteiger partial charge in [-0.2, -0.15) is 0 Å². The first-order chi connectivity index (χ1) is 15.4. The van der Waals surface area contributed by atoms with Gasteiger partial charge in [-0.15, -0.1) is 0 Å². The van der Waals surface area contributed by atoms with Gasteiger partial charge in [-0.1, -0.05) is 65.1 Å². The number of aliphatic imine (C=N–C) groups is 1. The zero-order chi connectivity index (χ0) is 23.1. The monoisotopic (exact) mass is 540 g/mol. The van der Waals surface area contributed by atoms with Gasteiger partial charge in [0.1, 0.15) is 5.84 Å². The summed E-state index contributed by atoms with van der Waals surface area (Å²) in [5, 5.41) is 0.924. The smallest absolute Gasteiger partial charge is 0.235 e. The van der Waals surface area contributed by atoms with Crippen LogP contribution in [0.3, 0.4) is 0 Å². The number of benzene rings is 2. The summed E-state index contributed by atoms with van der Waals surface area (Å²) in [6, 6.07) is 13.2. The third-order valence-electron chi connectivity index (χ3n) is 5.25. The van der Waals surface area contributed by atoms with Gasteiger partial charge in [-0.05, 0) is 48.7 Å². The summed E-state index contributed by atoms with van der Waals surface area (Å²) in [6.45, 7) is 5.42. The lowest BCUT2D eigenvalue weighted by Crippen LogP contribution is -2.42. The molecule has 3 rings (SSSR count). The zero-order valence-corrected chi connectivity index (χ0v) is 21.3. The molecule has 1 atom stereocenters. The lowest BCUT2D eigenvalue weighted by atomic mass is 9.95. The zero-order valence-electron chi connectivity index (χ0n) is 18.2. The van der Waals surface area contributed by atoms with E-state index in [4.69, 9.17) is 37.7 Å². The van der Waals surface area contributed by atoms with Crippen LogP contribution in [0.2, 0.25) is 10.0 Å². The number of carbonyl (C=O) groups is 1. The van der Waals surface area contributed by atoms with E-state index in [9.17, 15) is 4.79 Å². The molecule has 1 fully saturated rings. The highest BCUT2D eigenvalue weighted by Gasteiger charge is 2.28. The third-order valence-corrected chi connectivity index (χ3v) is 6.22.